The number of hydrogen-bond donors (Lipinski definition) is 1. The van der Waals surface area contributed by atoms with Crippen LogP contribution >= 0.6 is 11.6 Å². The first-order valence-electron chi connectivity index (χ1n) is 11.5. The fourth-order valence-electron chi connectivity index (χ4n) is 5.65. The van der Waals surface area contributed by atoms with Gasteiger partial charge in [0.2, 0.25) is 5.95 Å². The fraction of sp³-hybridized carbons (Fsp3) is 0.583. The van der Waals surface area contributed by atoms with Crippen LogP contribution < -0.4 is 4.90 Å². The third kappa shape index (κ3) is 4.72. The molecule has 31 heavy (non-hydrogen) atoms. The number of piperazine rings is 1. The van der Waals surface area contributed by atoms with E-state index >= 15 is 0 Å². The quantitative estimate of drug-likeness (QED) is 0.787. The SMILES string of the molecule is Cc1ccnc(N2CCC(N3C[C@@H]4C[C@H](O)CN4C[C@@H]3Cc3ccc(Cl)cc3)CC2)n1. The summed E-state index contributed by atoms with van der Waals surface area (Å²) < 4.78 is 0. The molecule has 0 amide bonds. The van der Waals surface area contributed by atoms with Gasteiger partial charge in [-0.2, -0.15) is 0 Å². The van der Waals surface area contributed by atoms with Crippen LogP contribution in [0.5, 0.6) is 0 Å². The minimum absolute atomic E-state index is 0.179. The maximum absolute atomic E-state index is 10.3. The number of anilines is 1. The summed E-state index contributed by atoms with van der Waals surface area (Å²) in [5.41, 5.74) is 2.36. The van der Waals surface area contributed by atoms with Crippen molar-refractivity contribution in [1.82, 2.24) is 19.8 Å². The summed E-state index contributed by atoms with van der Waals surface area (Å²) in [6, 6.07) is 11.8. The maximum atomic E-state index is 10.3. The molecule has 1 aromatic carbocycles. The third-order valence-electron chi connectivity index (χ3n) is 7.22. The molecule has 3 aliphatic rings. The van der Waals surface area contributed by atoms with Crippen molar-refractivity contribution in [2.45, 2.75) is 56.8 Å². The Morgan fingerprint density at radius 1 is 1.03 bits per heavy atom. The number of rotatable bonds is 4. The largest absolute Gasteiger partial charge is 0.392 e. The molecule has 4 heterocycles. The molecule has 0 radical (unpaired) electrons. The number of nitrogens with zero attached hydrogens (tertiary/aromatic N) is 5. The van der Waals surface area contributed by atoms with Crippen LogP contribution in [0.25, 0.3) is 0 Å². The molecule has 3 aliphatic heterocycles. The van der Waals surface area contributed by atoms with Crippen molar-refractivity contribution >= 4 is 17.5 Å². The minimum atomic E-state index is -0.179. The zero-order chi connectivity index (χ0) is 21.4. The molecule has 166 valence electrons. The lowest BCUT2D eigenvalue weighted by atomic mass is 9.94. The van der Waals surface area contributed by atoms with E-state index in [1.807, 2.05) is 31.3 Å². The Bertz CT molecular complexity index is 886. The molecule has 3 fully saturated rings. The third-order valence-corrected chi connectivity index (χ3v) is 7.48. The lowest BCUT2D eigenvalue weighted by molar-refractivity contribution is 0.0121. The summed E-state index contributed by atoms with van der Waals surface area (Å²) in [7, 11) is 0. The highest BCUT2D eigenvalue weighted by Crippen LogP contribution is 2.31. The number of aryl methyl sites for hydroxylation is 1. The van der Waals surface area contributed by atoms with Crippen molar-refractivity contribution in [3.8, 4) is 0 Å². The Hall–Kier alpha value is -1.73. The highest BCUT2D eigenvalue weighted by molar-refractivity contribution is 6.30. The normalized spacial score (nSPS) is 28.1. The highest BCUT2D eigenvalue weighted by atomic mass is 35.5. The van der Waals surface area contributed by atoms with E-state index in [-0.39, 0.29) is 6.10 Å². The van der Waals surface area contributed by atoms with Gasteiger partial charge in [0, 0.05) is 67.8 Å². The molecule has 6 nitrogen and oxygen atoms in total. The number of piperidine rings is 1. The maximum Gasteiger partial charge on any atom is 0.225 e. The van der Waals surface area contributed by atoms with Gasteiger partial charge in [-0.1, -0.05) is 23.7 Å². The zero-order valence-electron chi connectivity index (χ0n) is 18.2. The summed E-state index contributed by atoms with van der Waals surface area (Å²) in [5, 5.41) is 11.0. The van der Waals surface area contributed by atoms with Gasteiger partial charge in [-0.15, -0.1) is 0 Å². The lowest BCUT2D eigenvalue weighted by Crippen LogP contribution is -2.61. The number of aromatic nitrogens is 2. The molecular weight excluding hydrogens is 410 g/mol. The number of hydrogen-bond acceptors (Lipinski definition) is 6. The molecule has 2 aromatic rings. The first kappa shape index (κ1) is 21.1. The van der Waals surface area contributed by atoms with Gasteiger partial charge in [0.1, 0.15) is 0 Å². The Labute approximate surface area is 189 Å². The van der Waals surface area contributed by atoms with Crippen LogP contribution in [0.15, 0.2) is 36.5 Å². The van der Waals surface area contributed by atoms with E-state index in [0.717, 1.165) is 75.1 Å². The first-order chi connectivity index (χ1) is 15.0. The summed E-state index contributed by atoms with van der Waals surface area (Å²) in [5.74, 6) is 0.861. The van der Waals surface area contributed by atoms with Crippen molar-refractivity contribution in [3.05, 3.63) is 52.8 Å². The second-order valence-electron chi connectivity index (χ2n) is 9.39. The van der Waals surface area contributed by atoms with Gasteiger partial charge in [-0.3, -0.25) is 9.80 Å². The smallest absolute Gasteiger partial charge is 0.225 e. The van der Waals surface area contributed by atoms with E-state index in [1.165, 1.54) is 5.56 Å². The number of fused-ring (bicyclic) bond motifs is 1. The highest BCUT2D eigenvalue weighted by Gasteiger charge is 2.42. The van der Waals surface area contributed by atoms with Crippen LogP contribution in [0.3, 0.4) is 0 Å². The van der Waals surface area contributed by atoms with Crippen LogP contribution in [-0.4, -0.2) is 81.8 Å². The average Bonchev–Trinajstić information content (AvgIpc) is 3.14. The molecule has 7 heteroatoms. The number of benzene rings is 1. The Morgan fingerprint density at radius 2 is 1.81 bits per heavy atom. The van der Waals surface area contributed by atoms with Gasteiger partial charge in [-0.25, -0.2) is 9.97 Å². The lowest BCUT2D eigenvalue weighted by Gasteiger charge is -2.49. The van der Waals surface area contributed by atoms with Crippen molar-refractivity contribution < 1.29 is 5.11 Å². The topological polar surface area (TPSA) is 55.7 Å². The monoisotopic (exact) mass is 441 g/mol. The first-order valence-corrected chi connectivity index (χ1v) is 11.9. The Balaban J connectivity index is 1.29. The molecule has 1 aromatic heterocycles. The van der Waals surface area contributed by atoms with Crippen LogP contribution in [-0.2, 0) is 6.42 Å². The molecule has 5 rings (SSSR count). The Kier molecular flexibility index (Phi) is 6.15. The number of halogens is 1. The minimum Gasteiger partial charge on any atom is -0.392 e. The van der Waals surface area contributed by atoms with E-state index in [1.54, 1.807) is 0 Å². The van der Waals surface area contributed by atoms with Gasteiger partial charge in [0.05, 0.1) is 6.10 Å². The van der Waals surface area contributed by atoms with Crippen molar-refractivity contribution in [2.75, 3.05) is 37.6 Å². The fourth-order valence-corrected chi connectivity index (χ4v) is 5.77. The molecular formula is C24H32ClN5O. The van der Waals surface area contributed by atoms with E-state index in [0.29, 0.717) is 18.1 Å². The Morgan fingerprint density at radius 3 is 2.55 bits per heavy atom. The zero-order valence-corrected chi connectivity index (χ0v) is 19.0. The van der Waals surface area contributed by atoms with Crippen molar-refractivity contribution in [1.29, 1.82) is 0 Å². The van der Waals surface area contributed by atoms with Gasteiger partial charge >= 0.3 is 0 Å². The van der Waals surface area contributed by atoms with E-state index in [4.69, 9.17) is 11.6 Å². The number of aliphatic hydroxyl groups excluding tert-OH is 1. The van der Waals surface area contributed by atoms with E-state index in [9.17, 15) is 5.11 Å². The van der Waals surface area contributed by atoms with Crippen LogP contribution in [0.2, 0.25) is 5.02 Å². The van der Waals surface area contributed by atoms with Gasteiger partial charge < -0.3 is 10.0 Å². The van der Waals surface area contributed by atoms with Gasteiger partial charge in [-0.05, 0) is 56.4 Å². The second-order valence-corrected chi connectivity index (χ2v) is 9.83. The van der Waals surface area contributed by atoms with E-state index in [2.05, 4.69) is 36.8 Å². The van der Waals surface area contributed by atoms with Crippen molar-refractivity contribution in [3.63, 3.8) is 0 Å². The molecule has 0 aliphatic carbocycles. The summed E-state index contributed by atoms with van der Waals surface area (Å²) >= 11 is 6.11. The van der Waals surface area contributed by atoms with Gasteiger partial charge in [0.15, 0.2) is 0 Å². The summed E-state index contributed by atoms with van der Waals surface area (Å²) in [6.45, 7) is 6.92. The molecule has 0 spiro atoms. The average molecular weight is 442 g/mol. The van der Waals surface area contributed by atoms with Crippen molar-refractivity contribution in [2.24, 2.45) is 0 Å². The summed E-state index contributed by atoms with van der Waals surface area (Å²) in [6.07, 6.45) is 5.86. The van der Waals surface area contributed by atoms with Crippen LogP contribution in [0, 0.1) is 6.92 Å². The molecule has 3 saturated heterocycles. The second kappa shape index (κ2) is 9.02. The molecule has 0 bridgehead atoms. The number of aliphatic hydroxyl groups is 1. The standard InChI is InChI=1S/C24H32ClN5O/c1-17-6-9-26-24(27-17)28-10-7-20(8-11-28)30-15-21-13-23(31)16-29(21)14-22(30)12-18-2-4-19(25)5-3-18/h2-6,9,20-23,31H,7-8,10-16H2,1H3/t21-,22-,23-/m0/s1. The van der Waals surface area contributed by atoms with Crippen LogP contribution in [0.4, 0.5) is 5.95 Å². The molecule has 0 unspecified atom stereocenters. The predicted octanol–water partition coefficient (Wildman–Crippen LogP) is 2.77. The predicted molar refractivity (Wildman–Crippen MR) is 124 cm³/mol. The molecule has 1 N–H and O–H groups in total. The van der Waals surface area contributed by atoms with E-state index < -0.39 is 0 Å². The van der Waals surface area contributed by atoms with Crippen LogP contribution in [0.1, 0.15) is 30.5 Å². The summed E-state index contributed by atoms with van der Waals surface area (Å²) in [4.78, 5) is 16.7. The van der Waals surface area contributed by atoms with Gasteiger partial charge in [0.25, 0.3) is 0 Å². The molecule has 0 saturated carbocycles. The molecule has 3 atom stereocenters.